The van der Waals surface area contributed by atoms with E-state index in [1.54, 1.807) is 0 Å². The lowest BCUT2D eigenvalue weighted by Crippen LogP contribution is -2.46. The molecule has 2 fully saturated rings. The summed E-state index contributed by atoms with van der Waals surface area (Å²) in [4.78, 5) is 2.74. The van der Waals surface area contributed by atoms with Crippen molar-refractivity contribution in [2.24, 2.45) is 0 Å². The molecule has 0 radical (unpaired) electrons. The van der Waals surface area contributed by atoms with Crippen molar-refractivity contribution in [2.45, 2.75) is 64.1 Å². The van der Waals surface area contributed by atoms with E-state index in [9.17, 15) is 0 Å². The summed E-state index contributed by atoms with van der Waals surface area (Å²) in [6.07, 6.45) is 6.72. The number of morpholine rings is 1. The molecule has 0 aromatic rings. The summed E-state index contributed by atoms with van der Waals surface area (Å²) < 4.78 is 5.54. The van der Waals surface area contributed by atoms with E-state index < -0.39 is 0 Å². The zero-order valence-corrected chi connectivity index (χ0v) is 11.5. The van der Waals surface area contributed by atoms with E-state index in [4.69, 9.17) is 4.74 Å². The zero-order valence-electron chi connectivity index (χ0n) is 11.5. The number of nitrogens with one attached hydrogen (secondary N) is 1. The first-order chi connectivity index (χ1) is 8.31. The van der Waals surface area contributed by atoms with Crippen LogP contribution in [0.3, 0.4) is 0 Å². The smallest absolute Gasteiger partial charge is 0.0620 e. The highest BCUT2D eigenvalue weighted by Crippen LogP contribution is 2.30. The van der Waals surface area contributed by atoms with Crippen LogP contribution in [0.15, 0.2) is 0 Å². The minimum absolute atomic E-state index is 0.571. The molecule has 2 unspecified atom stereocenters. The Morgan fingerprint density at radius 3 is 2.82 bits per heavy atom. The summed E-state index contributed by atoms with van der Waals surface area (Å²) in [5.41, 5.74) is 0. The van der Waals surface area contributed by atoms with Crippen LogP contribution in [-0.4, -0.2) is 49.3 Å². The molecule has 0 amide bonds. The van der Waals surface area contributed by atoms with Crippen molar-refractivity contribution in [3.63, 3.8) is 0 Å². The highest BCUT2D eigenvalue weighted by Gasteiger charge is 2.32. The fourth-order valence-corrected chi connectivity index (χ4v) is 2.83. The van der Waals surface area contributed by atoms with Crippen molar-refractivity contribution >= 4 is 0 Å². The van der Waals surface area contributed by atoms with Crippen LogP contribution in [-0.2, 0) is 4.74 Å². The first-order valence-corrected chi connectivity index (χ1v) is 7.38. The Hall–Kier alpha value is -0.120. The SMILES string of the molecule is CCCCN(C(C)CC1COCCN1)C1CC1. The van der Waals surface area contributed by atoms with Gasteiger partial charge >= 0.3 is 0 Å². The molecule has 17 heavy (non-hydrogen) atoms. The van der Waals surface area contributed by atoms with E-state index in [1.165, 1.54) is 38.6 Å². The fraction of sp³-hybridized carbons (Fsp3) is 1.00. The maximum Gasteiger partial charge on any atom is 0.0620 e. The van der Waals surface area contributed by atoms with Crippen molar-refractivity contribution in [3.05, 3.63) is 0 Å². The number of hydrogen-bond donors (Lipinski definition) is 1. The Kier molecular flexibility index (Phi) is 5.26. The van der Waals surface area contributed by atoms with Gasteiger partial charge in [-0.1, -0.05) is 13.3 Å². The van der Waals surface area contributed by atoms with Gasteiger partial charge in [0.25, 0.3) is 0 Å². The maximum atomic E-state index is 5.54. The summed E-state index contributed by atoms with van der Waals surface area (Å²) in [7, 11) is 0. The maximum absolute atomic E-state index is 5.54. The van der Waals surface area contributed by atoms with Gasteiger partial charge in [-0.25, -0.2) is 0 Å². The van der Waals surface area contributed by atoms with Gasteiger partial charge in [-0.2, -0.15) is 0 Å². The van der Waals surface area contributed by atoms with Crippen LogP contribution in [0.1, 0.15) is 46.0 Å². The second kappa shape index (κ2) is 6.72. The summed E-state index contributed by atoms with van der Waals surface area (Å²) in [6.45, 7) is 8.77. The first kappa shape index (κ1) is 13.3. The molecule has 1 saturated carbocycles. The summed E-state index contributed by atoms with van der Waals surface area (Å²) in [5.74, 6) is 0. The molecule has 0 aromatic carbocycles. The van der Waals surface area contributed by atoms with Gasteiger partial charge in [0.2, 0.25) is 0 Å². The molecule has 1 aliphatic carbocycles. The van der Waals surface area contributed by atoms with Crippen molar-refractivity contribution in [1.29, 1.82) is 0 Å². The van der Waals surface area contributed by atoms with E-state index in [-0.39, 0.29) is 0 Å². The van der Waals surface area contributed by atoms with Gasteiger partial charge in [-0.05, 0) is 39.2 Å². The molecule has 0 bridgehead atoms. The molecular weight excluding hydrogens is 212 g/mol. The Morgan fingerprint density at radius 2 is 2.24 bits per heavy atom. The molecule has 1 saturated heterocycles. The molecule has 1 N–H and O–H groups in total. The Labute approximate surface area is 106 Å². The minimum Gasteiger partial charge on any atom is -0.379 e. The third-order valence-corrected chi connectivity index (χ3v) is 3.98. The van der Waals surface area contributed by atoms with Crippen LogP contribution >= 0.6 is 0 Å². The van der Waals surface area contributed by atoms with Crippen LogP contribution in [0.25, 0.3) is 0 Å². The quantitative estimate of drug-likeness (QED) is 0.737. The van der Waals surface area contributed by atoms with Crippen molar-refractivity contribution in [3.8, 4) is 0 Å². The third kappa shape index (κ3) is 4.23. The van der Waals surface area contributed by atoms with Crippen LogP contribution in [0, 0.1) is 0 Å². The summed E-state index contributed by atoms with van der Waals surface area (Å²) in [6, 6.07) is 2.16. The van der Waals surface area contributed by atoms with E-state index in [2.05, 4.69) is 24.1 Å². The third-order valence-electron chi connectivity index (χ3n) is 3.98. The van der Waals surface area contributed by atoms with Crippen LogP contribution in [0.4, 0.5) is 0 Å². The molecule has 2 rings (SSSR count). The average Bonchev–Trinajstić information content (AvgIpc) is 3.15. The van der Waals surface area contributed by atoms with E-state index >= 15 is 0 Å². The lowest BCUT2D eigenvalue weighted by atomic mass is 10.1. The average molecular weight is 240 g/mol. The molecule has 2 aliphatic rings. The molecule has 3 nitrogen and oxygen atoms in total. The van der Waals surface area contributed by atoms with Gasteiger partial charge in [0.15, 0.2) is 0 Å². The standard InChI is InChI=1S/C14H28N2O/c1-3-4-8-16(14-5-6-14)12(2)10-13-11-17-9-7-15-13/h12-15H,3-11H2,1-2H3. The van der Waals surface area contributed by atoms with Gasteiger partial charge in [-0.15, -0.1) is 0 Å². The largest absolute Gasteiger partial charge is 0.379 e. The Bertz CT molecular complexity index is 212. The number of rotatable bonds is 7. The molecule has 3 heteroatoms. The second-order valence-electron chi connectivity index (χ2n) is 5.63. The van der Waals surface area contributed by atoms with Gasteiger partial charge in [0, 0.05) is 24.7 Å². The summed E-state index contributed by atoms with van der Waals surface area (Å²) in [5, 5.41) is 3.57. The van der Waals surface area contributed by atoms with Crippen LogP contribution in [0.5, 0.6) is 0 Å². The van der Waals surface area contributed by atoms with Crippen molar-refractivity contribution < 1.29 is 4.74 Å². The Balaban J connectivity index is 1.76. The normalized spacial score (nSPS) is 27.4. The highest BCUT2D eigenvalue weighted by atomic mass is 16.5. The number of ether oxygens (including phenoxy) is 1. The van der Waals surface area contributed by atoms with Crippen molar-refractivity contribution in [1.82, 2.24) is 10.2 Å². The van der Waals surface area contributed by atoms with Crippen molar-refractivity contribution in [2.75, 3.05) is 26.3 Å². The van der Waals surface area contributed by atoms with Crippen LogP contribution in [0.2, 0.25) is 0 Å². The van der Waals surface area contributed by atoms with Crippen LogP contribution < -0.4 is 5.32 Å². The lowest BCUT2D eigenvalue weighted by Gasteiger charge is -2.33. The predicted octanol–water partition coefficient (Wildman–Crippen LogP) is 2.02. The molecule has 2 atom stereocenters. The second-order valence-corrected chi connectivity index (χ2v) is 5.63. The molecule has 1 heterocycles. The number of unbranched alkanes of at least 4 members (excludes halogenated alkanes) is 1. The zero-order chi connectivity index (χ0) is 12.1. The monoisotopic (exact) mass is 240 g/mol. The summed E-state index contributed by atoms with van der Waals surface area (Å²) >= 11 is 0. The number of nitrogens with zero attached hydrogens (tertiary/aromatic N) is 1. The molecule has 1 aliphatic heterocycles. The first-order valence-electron chi connectivity index (χ1n) is 7.38. The molecular formula is C14H28N2O. The van der Waals surface area contributed by atoms with Gasteiger partial charge in [-0.3, -0.25) is 4.90 Å². The topological polar surface area (TPSA) is 24.5 Å². The van der Waals surface area contributed by atoms with E-state index in [1.807, 2.05) is 0 Å². The molecule has 0 aromatic heterocycles. The molecule has 100 valence electrons. The van der Waals surface area contributed by atoms with E-state index in [0.29, 0.717) is 12.1 Å². The predicted molar refractivity (Wildman–Crippen MR) is 71.3 cm³/mol. The number of hydrogen-bond acceptors (Lipinski definition) is 3. The lowest BCUT2D eigenvalue weighted by molar-refractivity contribution is 0.0606. The van der Waals surface area contributed by atoms with Gasteiger partial charge < -0.3 is 10.1 Å². The fourth-order valence-electron chi connectivity index (χ4n) is 2.83. The minimum atomic E-state index is 0.571. The Morgan fingerprint density at radius 1 is 1.41 bits per heavy atom. The van der Waals surface area contributed by atoms with Gasteiger partial charge in [0.1, 0.15) is 0 Å². The highest BCUT2D eigenvalue weighted by molar-refractivity contribution is 4.89. The van der Waals surface area contributed by atoms with Gasteiger partial charge in [0.05, 0.1) is 13.2 Å². The van der Waals surface area contributed by atoms with E-state index in [0.717, 1.165) is 25.8 Å². The molecule has 0 spiro atoms.